The zero-order valence-corrected chi connectivity index (χ0v) is 12.8. The highest BCUT2D eigenvalue weighted by atomic mass is 79.9. The van der Waals surface area contributed by atoms with Gasteiger partial charge in [-0.3, -0.25) is 0 Å². The molecule has 2 aromatic rings. The van der Waals surface area contributed by atoms with Crippen molar-refractivity contribution in [1.29, 1.82) is 0 Å². The summed E-state index contributed by atoms with van der Waals surface area (Å²) in [6.45, 7) is 4.72. The smallest absolute Gasteiger partial charge is 0.121 e. The van der Waals surface area contributed by atoms with Crippen molar-refractivity contribution in [2.24, 2.45) is 5.92 Å². The number of rotatable bonds is 5. The zero-order chi connectivity index (χ0) is 13.8. The molecule has 3 nitrogen and oxygen atoms in total. The number of nitroso groups, excluding NO2 is 1. The van der Waals surface area contributed by atoms with Crippen molar-refractivity contribution in [3.8, 4) is 0 Å². The van der Waals surface area contributed by atoms with Crippen LogP contribution >= 0.6 is 15.9 Å². The Kier molecular flexibility index (Phi) is 4.53. The van der Waals surface area contributed by atoms with Crippen LogP contribution in [0.2, 0.25) is 0 Å². The fraction of sp³-hybridized carbons (Fsp3) is 0.333. The summed E-state index contributed by atoms with van der Waals surface area (Å²) in [7, 11) is 0. The Morgan fingerprint density at radius 1 is 1.16 bits per heavy atom. The third-order valence-corrected chi connectivity index (χ3v) is 3.46. The Balaban J connectivity index is 2.09. The minimum absolute atomic E-state index is 0.496. The van der Waals surface area contributed by atoms with Gasteiger partial charge in [0.05, 0.1) is 4.91 Å². The van der Waals surface area contributed by atoms with Gasteiger partial charge in [0.2, 0.25) is 6.54 Å². The van der Waals surface area contributed by atoms with E-state index in [0.29, 0.717) is 12.5 Å². The summed E-state index contributed by atoms with van der Waals surface area (Å²) in [5.74, 6) is 0.534. The second-order valence-electron chi connectivity index (χ2n) is 5.10. The van der Waals surface area contributed by atoms with Gasteiger partial charge in [0.1, 0.15) is 10.6 Å². The van der Waals surface area contributed by atoms with Gasteiger partial charge in [-0.1, -0.05) is 41.9 Å². The first-order valence-electron chi connectivity index (χ1n) is 6.45. The van der Waals surface area contributed by atoms with Crippen molar-refractivity contribution in [3.63, 3.8) is 0 Å². The number of nitrogens with zero attached hydrogens (tertiary/aromatic N) is 1. The lowest BCUT2D eigenvalue weighted by molar-refractivity contribution is -0.519. The van der Waals surface area contributed by atoms with Crippen LogP contribution in [-0.2, 0) is 0 Å². The maximum atomic E-state index is 11.7. The van der Waals surface area contributed by atoms with Gasteiger partial charge in [-0.15, -0.1) is 5.43 Å². The van der Waals surface area contributed by atoms with Gasteiger partial charge in [-0.25, -0.2) is 0 Å². The lowest BCUT2D eigenvalue weighted by Crippen LogP contribution is -2.18. The molecule has 0 saturated carbocycles. The molecule has 0 spiro atoms. The number of anilines is 1. The van der Waals surface area contributed by atoms with Crippen LogP contribution in [0, 0.1) is 10.8 Å². The summed E-state index contributed by atoms with van der Waals surface area (Å²) in [4.78, 5) is 12.6. The minimum Gasteiger partial charge on any atom is -0.121 e. The number of hydrazine groups is 1. The summed E-state index contributed by atoms with van der Waals surface area (Å²) >= 11 is 3.45. The molecule has 19 heavy (non-hydrogen) atoms. The number of nitrogens with one attached hydrogen (secondary N) is 1. The van der Waals surface area contributed by atoms with Gasteiger partial charge in [0, 0.05) is 10.9 Å². The van der Waals surface area contributed by atoms with Crippen LogP contribution < -0.4 is 5.43 Å². The molecule has 2 aromatic carbocycles. The van der Waals surface area contributed by atoms with Gasteiger partial charge < -0.3 is 0 Å². The van der Waals surface area contributed by atoms with Crippen molar-refractivity contribution in [2.75, 3.05) is 12.0 Å². The van der Waals surface area contributed by atoms with Crippen molar-refractivity contribution >= 4 is 32.4 Å². The molecule has 0 bridgehead atoms. The SMILES string of the molecule is CC(C)CC[N+](=O)Nc1ccc2cc(Br)ccc2c1. The molecule has 1 N–H and O–H groups in total. The van der Waals surface area contributed by atoms with E-state index in [-0.39, 0.29) is 0 Å². The average Bonchev–Trinajstić information content (AvgIpc) is 2.36. The number of hydrogen-bond donors (Lipinski definition) is 1. The van der Waals surface area contributed by atoms with Gasteiger partial charge in [0.15, 0.2) is 0 Å². The normalized spacial score (nSPS) is 10.9. The Labute approximate surface area is 121 Å². The fourth-order valence-corrected chi connectivity index (χ4v) is 2.24. The molecule has 0 heterocycles. The van der Waals surface area contributed by atoms with Crippen LogP contribution in [0.15, 0.2) is 40.9 Å². The zero-order valence-electron chi connectivity index (χ0n) is 11.2. The highest BCUT2D eigenvalue weighted by Gasteiger charge is 2.10. The van der Waals surface area contributed by atoms with Crippen LogP contribution in [0.3, 0.4) is 0 Å². The summed E-state index contributed by atoms with van der Waals surface area (Å²) < 4.78 is 1.06. The second-order valence-corrected chi connectivity index (χ2v) is 6.02. The van der Waals surface area contributed by atoms with E-state index in [0.717, 1.165) is 32.2 Å². The summed E-state index contributed by atoms with van der Waals surface area (Å²) in [5, 5.41) is 2.27. The van der Waals surface area contributed by atoms with Crippen LogP contribution in [0.5, 0.6) is 0 Å². The lowest BCUT2D eigenvalue weighted by Gasteiger charge is -2.03. The van der Waals surface area contributed by atoms with E-state index in [2.05, 4.69) is 41.3 Å². The predicted octanol–water partition coefficient (Wildman–Crippen LogP) is 4.75. The molecule has 0 radical (unpaired) electrons. The van der Waals surface area contributed by atoms with Crippen LogP contribution in [0.25, 0.3) is 10.8 Å². The molecule has 0 fully saturated rings. The molecule has 2 rings (SSSR count). The van der Waals surface area contributed by atoms with E-state index < -0.39 is 0 Å². The van der Waals surface area contributed by atoms with E-state index in [4.69, 9.17) is 0 Å². The lowest BCUT2D eigenvalue weighted by atomic mass is 10.1. The predicted molar refractivity (Wildman–Crippen MR) is 83.2 cm³/mol. The van der Waals surface area contributed by atoms with Crippen LogP contribution in [-0.4, -0.2) is 11.4 Å². The van der Waals surface area contributed by atoms with E-state index in [1.807, 2.05) is 30.3 Å². The first-order chi connectivity index (χ1) is 9.04. The molecule has 100 valence electrons. The number of halogens is 1. The molecule has 0 aliphatic rings. The molecule has 0 aromatic heterocycles. The highest BCUT2D eigenvalue weighted by Crippen LogP contribution is 2.22. The molecule has 0 unspecified atom stereocenters. The molecule has 4 heteroatoms. The number of fused-ring (bicyclic) bond motifs is 1. The van der Waals surface area contributed by atoms with Crippen molar-refractivity contribution in [3.05, 3.63) is 45.8 Å². The van der Waals surface area contributed by atoms with E-state index in [1.165, 1.54) is 0 Å². The van der Waals surface area contributed by atoms with E-state index in [1.54, 1.807) is 0 Å². The number of benzene rings is 2. The minimum atomic E-state index is 0.496. The summed E-state index contributed by atoms with van der Waals surface area (Å²) in [6, 6.07) is 12.0. The highest BCUT2D eigenvalue weighted by molar-refractivity contribution is 9.10. The topological polar surface area (TPSA) is 32.1 Å². The average molecular weight is 322 g/mol. The Morgan fingerprint density at radius 2 is 1.84 bits per heavy atom. The molecular formula is C15H18BrN2O+. The molecule has 0 atom stereocenters. The molecule has 0 amide bonds. The fourth-order valence-electron chi connectivity index (χ4n) is 1.86. The first kappa shape index (κ1) is 14.0. The third-order valence-electron chi connectivity index (χ3n) is 2.97. The Bertz CT molecular complexity index is 596. The second kappa shape index (κ2) is 6.15. The number of hydrogen-bond acceptors (Lipinski definition) is 1. The van der Waals surface area contributed by atoms with Crippen molar-refractivity contribution < 1.29 is 4.87 Å². The monoisotopic (exact) mass is 321 g/mol. The van der Waals surface area contributed by atoms with Gasteiger partial charge >= 0.3 is 0 Å². The van der Waals surface area contributed by atoms with Crippen molar-refractivity contribution in [2.45, 2.75) is 20.3 Å². The van der Waals surface area contributed by atoms with Crippen molar-refractivity contribution in [1.82, 2.24) is 0 Å². The summed E-state index contributed by atoms with van der Waals surface area (Å²) in [5.41, 5.74) is 3.70. The van der Waals surface area contributed by atoms with Gasteiger partial charge in [-0.2, -0.15) is 0 Å². The van der Waals surface area contributed by atoms with Crippen LogP contribution in [0.1, 0.15) is 20.3 Å². The van der Waals surface area contributed by atoms with E-state index >= 15 is 0 Å². The molecule has 0 aliphatic heterocycles. The standard InChI is InChI=1S/C15H18BrN2O/c1-11(2)7-8-18(19)17-15-6-4-12-9-14(16)5-3-13(12)10-15/h3-6,9-11H,7-8H2,1-2H3,(H,17,19)/q+1. The quantitative estimate of drug-likeness (QED) is 0.636. The molecule has 0 saturated heterocycles. The van der Waals surface area contributed by atoms with Crippen LogP contribution in [0.4, 0.5) is 5.69 Å². The Morgan fingerprint density at radius 3 is 2.58 bits per heavy atom. The first-order valence-corrected chi connectivity index (χ1v) is 7.24. The maximum absolute atomic E-state index is 11.7. The molecule has 0 aliphatic carbocycles. The maximum Gasteiger partial charge on any atom is 0.225 e. The summed E-state index contributed by atoms with van der Waals surface area (Å²) in [6.07, 6.45) is 0.886. The Hall–Kier alpha value is -1.42. The molecular weight excluding hydrogens is 304 g/mol. The van der Waals surface area contributed by atoms with Gasteiger partial charge in [-0.05, 0) is 41.0 Å². The third kappa shape index (κ3) is 4.03. The van der Waals surface area contributed by atoms with E-state index in [9.17, 15) is 4.91 Å². The largest absolute Gasteiger partial charge is 0.225 e. The van der Waals surface area contributed by atoms with Gasteiger partial charge in [0.25, 0.3) is 0 Å².